The van der Waals surface area contributed by atoms with Crippen LogP contribution >= 0.6 is 22.7 Å². The van der Waals surface area contributed by atoms with Crippen molar-refractivity contribution < 1.29 is 0 Å². The van der Waals surface area contributed by atoms with E-state index in [2.05, 4.69) is 34.7 Å². The topological polar surface area (TPSA) is 24.9 Å². The predicted molar refractivity (Wildman–Crippen MR) is 61.7 cm³/mol. The molecule has 0 aliphatic heterocycles. The summed E-state index contributed by atoms with van der Waals surface area (Å²) in [6, 6.07) is 4.57. The summed E-state index contributed by atoms with van der Waals surface area (Å²) in [5, 5.41) is 8.71. The lowest BCUT2D eigenvalue weighted by Crippen LogP contribution is -2.17. The first kappa shape index (κ1) is 9.83. The van der Waals surface area contributed by atoms with Crippen molar-refractivity contribution in [3.8, 4) is 0 Å². The van der Waals surface area contributed by atoms with Crippen LogP contribution in [0.4, 0.5) is 0 Å². The smallest absolute Gasteiger partial charge is 0.109 e. The summed E-state index contributed by atoms with van der Waals surface area (Å²) in [6.45, 7) is 3.07. The Bertz CT molecular complexity index is 353. The molecule has 0 saturated carbocycles. The summed E-state index contributed by atoms with van der Waals surface area (Å²) in [5.74, 6) is 0. The van der Waals surface area contributed by atoms with Crippen molar-refractivity contribution in [1.82, 2.24) is 10.3 Å². The molecule has 0 bridgehead atoms. The first-order chi connectivity index (χ1) is 6.86. The van der Waals surface area contributed by atoms with E-state index in [9.17, 15) is 0 Å². The molecule has 1 N–H and O–H groups in total. The fourth-order valence-corrected chi connectivity index (χ4v) is 2.53. The Morgan fingerprint density at radius 3 is 3.00 bits per heavy atom. The molecule has 0 aliphatic carbocycles. The van der Waals surface area contributed by atoms with Crippen molar-refractivity contribution in [2.45, 2.75) is 19.5 Å². The Morgan fingerprint density at radius 1 is 1.43 bits per heavy atom. The largest absolute Gasteiger partial charge is 0.303 e. The van der Waals surface area contributed by atoms with Gasteiger partial charge in [-0.1, -0.05) is 6.07 Å². The molecule has 0 spiro atoms. The normalized spacial score (nSPS) is 12.9. The quantitative estimate of drug-likeness (QED) is 0.863. The number of hydrogen-bond donors (Lipinski definition) is 1. The van der Waals surface area contributed by atoms with Gasteiger partial charge < -0.3 is 5.32 Å². The highest BCUT2D eigenvalue weighted by Crippen LogP contribution is 2.16. The van der Waals surface area contributed by atoms with Gasteiger partial charge in [-0.2, -0.15) is 0 Å². The highest BCUT2D eigenvalue weighted by Gasteiger charge is 2.06. The van der Waals surface area contributed by atoms with Gasteiger partial charge in [0.1, 0.15) is 5.01 Å². The zero-order valence-electron chi connectivity index (χ0n) is 7.93. The molecule has 0 radical (unpaired) electrons. The SMILES string of the molecule is C[C@H](NCc1cccs1)c1nccs1. The van der Waals surface area contributed by atoms with Gasteiger partial charge in [-0.3, -0.25) is 0 Å². The van der Waals surface area contributed by atoms with Gasteiger partial charge in [0.15, 0.2) is 0 Å². The number of thiophene rings is 1. The van der Waals surface area contributed by atoms with Crippen LogP contribution in [0.3, 0.4) is 0 Å². The second-order valence-electron chi connectivity index (χ2n) is 3.05. The molecule has 2 aromatic heterocycles. The summed E-state index contributed by atoms with van der Waals surface area (Å²) in [4.78, 5) is 5.64. The lowest BCUT2D eigenvalue weighted by molar-refractivity contribution is 0.576. The van der Waals surface area contributed by atoms with Crippen LogP contribution in [0, 0.1) is 0 Å². The summed E-state index contributed by atoms with van der Waals surface area (Å²) in [7, 11) is 0. The Kier molecular flexibility index (Phi) is 3.29. The molecule has 2 heterocycles. The van der Waals surface area contributed by atoms with Crippen molar-refractivity contribution in [3.05, 3.63) is 39.0 Å². The van der Waals surface area contributed by atoms with Gasteiger partial charge in [-0.05, 0) is 18.4 Å². The molecular formula is C10H12N2S2. The van der Waals surface area contributed by atoms with Gasteiger partial charge in [0.2, 0.25) is 0 Å². The van der Waals surface area contributed by atoms with Crippen molar-refractivity contribution in [1.29, 1.82) is 0 Å². The van der Waals surface area contributed by atoms with E-state index in [0.717, 1.165) is 11.6 Å². The Morgan fingerprint density at radius 2 is 2.36 bits per heavy atom. The highest BCUT2D eigenvalue weighted by molar-refractivity contribution is 7.10. The summed E-state index contributed by atoms with van der Waals surface area (Å²) >= 11 is 3.48. The third-order valence-electron chi connectivity index (χ3n) is 1.98. The molecule has 0 amide bonds. The third kappa shape index (κ3) is 2.41. The van der Waals surface area contributed by atoms with Crippen LogP contribution in [0.1, 0.15) is 22.9 Å². The standard InChI is InChI=1S/C10H12N2S2/c1-8(10-11-4-6-14-10)12-7-9-3-2-5-13-9/h2-6,8,12H,7H2,1H3/t8-/m0/s1. The molecule has 2 nitrogen and oxygen atoms in total. The van der Waals surface area contributed by atoms with E-state index in [0.29, 0.717) is 6.04 Å². The molecule has 4 heteroatoms. The average Bonchev–Trinajstić information content (AvgIpc) is 2.87. The third-order valence-corrected chi connectivity index (χ3v) is 3.82. The summed E-state index contributed by atoms with van der Waals surface area (Å²) in [6.07, 6.45) is 1.85. The Balaban J connectivity index is 1.87. The Labute approximate surface area is 91.6 Å². The van der Waals surface area contributed by atoms with Gasteiger partial charge in [0.05, 0.1) is 6.04 Å². The number of thiazole rings is 1. The fraction of sp³-hybridized carbons (Fsp3) is 0.300. The van der Waals surface area contributed by atoms with Crippen molar-refractivity contribution in [3.63, 3.8) is 0 Å². The minimum absolute atomic E-state index is 0.345. The van der Waals surface area contributed by atoms with Crippen molar-refractivity contribution in [2.75, 3.05) is 0 Å². The van der Waals surface area contributed by atoms with Gasteiger partial charge >= 0.3 is 0 Å². The molecule has 2 aromatic rings. The molecule has 2 rings (SSSR count). The Hall–Kier alpha value is -0.710. The number of hydrogen-bond acceptors (Lipinski definition) is 4. The first-order valence-corrected chi connectivity index (χ1v) is 6.27. The molecule has 0 aromatic carbocycles. The van der Waals surface area contributed by atoms with E-state index >= 15 is 0 Å². The van der Waals surface area contributed by atoms with E-state index in [4.69, 9.17) is 0 Å². The van der Waals surface area contributed by atoms with Crippen molar-refractivity contribution in [2.24, 2.45) is 0 Å². The minimum atomic E-state index is 0.345. The summed E-state index contributed by atoms with van der Waals surface area (Å²) < 4.78 is 0. The number of nitrogens with zero attached hydrogens (tertiary/aromatic N) is 1. The van der Waals surface area contributed by atoms with E-state index in [1.807, 2.05) is 11.6 Å². The first-order valence-electron chi connectivity index (χ1n) is 4.51. The number of nitrogens with one attached hydrogen (secondary N) is 1. The van der Waals surface area contributed by atoms with Crippen LogP contribution in [-0.2, 0) is 6.54 Å². The molecule has 0 aliphatic rings. The molecule has 0 fully saturated rings. The van der Waals surface area contributed by atoms with Gasteiger partial charge in [0.25, 0.3) is 0 Å². The zero-order valence-corrected chi connectivity index (χ0v) is 9.57. The van der Waals surface area contributed by atoms with Crippen molar-refractivity contribution >= 4 is 22.7 Å². The van der Waals surface area contributed by atoms with E-state index in [-0.39, 0.29) is 0 Å². The van der Waals surface area contributed by atoms with Gasteiger partial charge in [-0.15, -0.1) is 22.7 Å². The minimum Gasteiger partial charge on any atom is -0.303 e. The van der Waals surface area contributed by atoms with Crippen LogP contribution in [-0.4, -0.2) is 4.98 Å². The molecule has 1 atom stereocenters. The van der Waals surface area contributed by atoms with Crippen LogP contribution in [0.2, 0.25) is 0 Å². The second-order valence-corrected chi connectivity index (χ2v) is 5.01. The maximum atomic E-state index is 4.28. The molecule has 74 valence electrons. The van der Waals surface area contributed by atoms with E-state index < -0.39 is 0 Å². The second kappa shape index (κ2) is 4.68. The fourth-order valence-electron chi connectivity index (χ4n) is 1.20. The molecule has 0 unspecified atom stereocenters. The lowest BCUT2D eigenvalue weighted by Gasteiger charge is -2.09. The van der Waals surface area contributed by atoms with Gasteiger partial charge in [0, 0.05) is 23.0 Å². The summed E-state index contributed by atoms with van der Waals surface area (Å²) in [5.41, 5.74) is 0. The van der Waals surface area contributed by atoms with Crippen LogP contribution in [0.15, 0.2) is 29.1 Å². The monoisotopic (exact) mass is 224 g/mol. The number of aromatic nitrogens is 1. The van der Waals surface area contributed by atoms with Gasteiger partial charge in [-0.25, -0.2) is 4.98 Å². The number of rotatable bonds is 4. The maximum Gasteiger partial charge on any atom is 0.109 e. The molecule has 14 heavy (non-hydrogen) atoms. The van der Waals surface area contributed by atoms with E-state index in [1.165, 1.54) is 4.88 Å². The molecule has 0 saturated heterocycles. The predicted octanol–water partition coefficient (Wildman–Crippen LogP) is 3.06. The average molecular weight is 224 g/mol. The molecular weight excluding hydrogens is 212 g/mol. The van der Waals surface area contributed by atoms with Crippen LogP contribution < -0.4 is 5.32 Å². The van der Waals surface area contributed by atoms with Crippen LogP contribution in [0.5, 0.6) is 0 Å². The van der Waals surface area contributed by atoms with E-state index in [1.54, 1.807) is 22.7 Å². The highest BCUT2D eigenvalue weighted by atomic mass is 32.1. The zero-order chi connectivity index (χ0) is 9.80. The maximum absolute atomic E-state index is 4.28. The lowest BCUT2D eigenvalue weighted by atomic mass is 10.3. The van der Waals surface area contributed by atoms with Crippen LogP contribution in [0.25, 0.3) is 0 Å².